The van der Waals surface area contributed by atoms with Crippen molar-refractivity contribution >= 4 is 11.7 Å². The predicted molar refractivity (Wildman–Crippen MR) is 81.0 cm³/mol. The Bertz CT molecular complexity index is 689. The van der Waals surface area contributed by atoms with E-state index in [1.54, 1.807) is 6.92 Å². The summed E-state index contributed by atoms with van der Waals surface area (Å²) in [7, 11) is 0. The second kappa shape index (κ2) is 5.71. The highest BCUT2D eigenvalue weighted by molar-refractivity contribution is 5.79. The molecule has 0 spiro atoms. The highest BCUT2D eigenvalue weighted by Gasteiger charge is 2.27. The average molecular weight is 302 g/mol. The van der Waals surface area contributed by atoms with Crippen molar-refractivity contribution in [2.75, 3.05) is 18.5 Å². The molecule has 0 fully saturated rings. The van der Waals surface area contributed by atoms with Gasteiger partial charge in [-0.15, -0.1) is 0 Å². The Morgan fingerprint density at radius 3 is 2.95 bits per heavy atom. The summed E-state index contributed by atoms with van der Waals surface area (Å²) in [6, 6.07) is 5.80. The molecule has 0 saturated carbocycles. The van der Waals surface area contributed by atoms with Gasteiger partial charge in [0.25, 0.3) is 0 Å². The molecule has 1 unspecified atom stereocenters. The van der Waals surface area contributed by atoms with Gasteiger partial charge >= 0.3 is 5.97 Å². The molecule has 116 valence electrons. The van der Waals surface area contributed by atoms with E-state index in [4.69, 9.17) is 14.0 Å². The van der Waals surface area contributed by atoms with Gasteiger partial charge in [-0.2, -0.15) is 0 Å². The molecule has 22 heavy (non-hydrogen) atoms. The smallest absolute Gasteiger partial charge is 0.349 e. The molecule has 1 N–H and O–H groups in total. The summed E-state index contributed by atoms with van der Waals surface area (Å²) in [6.07, 6.45) is -0.632. The molecule has 1 aromatic carbocycles. The molecule has 6 heteroatoms. The maximum atomic E-state index is 11.8. The van der Waals surface area contributed by atoms with Crippen LogP contribution in [0.2, 0.25) is 0 Å². The van der Waals surface area contributed by atoms with Crippen LogP contribution in [0.4, 0.5) is 5.69 Å². The van der Waals surface area contributed by atoms with Crippen molar-refractivity contribution < 1.29 is 18.8 Å². The summed E-state index contributed by atoms with van der Waals surface area (Å²) in [6.45, 7) is 6.28. The first-order valence-corrected chi connectivity index (χ1v) is 7.24. The predicted octanol–water partition coefficient (Wildman–Crippen LogP) is 2.69. The van der Waals surface area contributed by atoms with E-state index in [1.807, 2.05) is 32.0 Å². The number of aromatic nitrogens is 1. The van der Waals surface area contributed by atoms with E-state index >= 15 is 0 Å². The standard InChI is InChI=1S/C16H18N2O4/c1-4-20-16(19)14-8-17-12-6-5-11(7-13(12)21-14)15-9(2)18-22-10(15)3/h5-7,14,17H,4,8H2,1-3H3. The lowest BCUT2D eigenvalue weighted by molar-refractivity contribution is -0.150. The van der Waals surface area contributed by atoms with Crippen LogP contribution in [0.5, 0.6) is 5.75 Å². The molecular formula is C16H18N2O4. The van der Waals surface area contributed by atoms with Gasteiger partial charge in [-0.1, -0.05) is 11.2 Å². The van der Waals surface area contributed by atoms with Gasteiger partial charge in [-0.05, 0) is 38.5 Å². The van der Waals surface area contributed by atoms with E-state index in [9.17, 15) is 4.79 Å². The zero-order valence-corrected chi connectivity index (χ0v) is 12.8. The molecule has 0 amide bonds. The lowest BCUT2D eigenvalue weighted by Crippen LogP contribution is -2.38. The van der Waals surface area contributed by atoms with Crippen molar-refractivity contribution in [2.45, 2.75) is 26.9 Å². The number of fused-ring (bicyclic) bond motifs is 1. The fraction of sp³-hybridized carbons (Fsp3) is 0.375. The molecule has 3 rings (SSSR count). The van der Waals surface area contributed by atoms with Crippen molar-refractivity contribution in [3.63, 3.8) is 0 Å². The molecule has 1 atom stereocenters. The molecule has 1 aliphatic heterocycles. The average Bonchev–Trinajstić information content (AvgIpc) is 2.85. The van der Waals surface area contributed by atoms with Crippen LogP contribution >= 0.6 is 0 Å². The van der Waals surface area contributed by atoms with Crippen LogP contribution in [0, 0.1) is 13.8 Å². The summed E-state index contributed by atoms with van der Waals surface area (Å²) in [5.74, 6) is 1.02. The molecule has 0 saturated heterocycles. The molecule has 2 heterocycles. The monoisotopic (exact) mass is 302 g/mol. The van der Waals surface area contributed by atoms with Gasteiger partial charge in [0.2, 0.25) is 6.10 Å². The molecule has 2 aromatic rings. The van der Waals surface area contributed by atoms with Crippen LogP contribution in [0.25, 0.3) is 11.1 Å². The minimum atomic E-state index is -0.632. The molecular weight excluding hydrogens is 284 g/mol. The van der Waals surface area contributed by atoms with Crippen LogP contribution in [0.3, 0.4) is 0 Å². The number of carbonyl (C=O) groups is 1. The highest BCUT2D eigenvalue weighted by atomic mass is 16.6. The summed E-state index contributed by atoms with van der Waals surface area (Å²) in [5.41, 5.74) is 3.57. The number of anilines is 1. The number of benzene rings is 1. The van der Waals surface area contributed by atoms with Gasteiger partial charge in [-0.25, -0.2) is 4.79 Å². The van der Waals surface area contributed by atoms with Gasteiger partial charge in [0, 0.05) is 5.56 Å². The van der Waals surface area contributed by atoms with E-state index < -0.39 is 6.10 Å². The lowest BCUT2D eigenvalue weighted by atomic mass is 10.0. The summed E-state index contributed by atoms with van der Waals surface area (Å²) < 4.78 is 16.0. The van der Waals surface area contributed by atoms with E-state index in [0.29, 0.717) is 18.9 Å². The Labute approximate surface area is 128 Å². The molecule has 0 bridgehead atoms. The van der Waals surface area contributed by atoms with Crippen molar-refractivity contribution in [2.24, 2.45) is 0 Å². The number of hydrogen-bond donors (Lipinski definition) is 1. The van der Waals surface area contributed by atoms with Crippen molar-refractivity contribution in [1.82, 2.24) is 5.16 Å². The number of hydrogen-bond acceptors (Lipinski definition) is 6. The quantitative estimate of drug-likeness (QED) is 0.879. The van der Waals surface area contributed by atoms with Crippen LogP contribution < -0.4 is 10.1 Å². The second-order valence-electron chi connectivity index (χ2n) is 5.15. The molecule has 0 aliphatic carbocycles. The topological polar surface area (TPSA) is 73.6 Å². The van der Waals surface area contributed by atoms with Gasteiger partial charge < -0.3 is 19.3 Å². The van der Waals surface area contributed by atoms with Gasteiger partial charge in [0.1, 0.15) is 11.5 Å². The summed E-state index contributed by atoms with van der Waals surface area (Å²) in [4.78, 5) is 11.8. The second-order valence-corrected chi connectivity index (χ2v) is 5.15. The molecule has 0 radical (unpaired) electrons. The number of nitrogens with zero attached hydrogens (tertiary/aromatic N) is 1. The van der Waals surface area contributed by atoms with Gasteiger partial charge in [-0.3, -0.25) is 0 Å². The van der Waals surface area contributed by atoms with E-state index in [1.165, 1.54) is 0 Å². The zero-order valence-electron chi connectivity index (χ0n) is 12.8. The third-order valence-electron chi connectivity index (χ3n) is 3.60. The van der Waals surface area contributed by atoms with Crippen LogP contribution in [-0.2, 0) is 9.53 Å². The third-order valence-corrected chi connectivity index (χ3v) is 3.60. The fourth-order valence-corrected chi connectivity index (χ4v) is 2.58. The van der Waals surface area contributed by atoms with Crippen molar-refractivity contribution in [3.8, 4) is 16.9 Å². The highest BCUT2D eigenvalue weighted by Crippen LogP contribution is 2.36. The molecule has 6 nitrogen and oxygen atoms in total. The first kappa shape index (κ1) is 14.4. The van der Waals surface area contributed by atoms with E-state index in [-0.39, 0.29) is 5.97 Å². The Morgan fingerprint density at radius 1 is 1.45 bits per heavy atom. The van der Waals surface area contributed by atoms with Gasteiger partial charge in [0.15, 0.2) is 0 Å². The summed E-state index contributed by atoms with van der Waals surface area (Å²) >= 11 is 0. The molecule has 1 aromatic heterocycles. The van der Waals surface area contributed by atoms with Crippen LogP contribution in [-0.4, -0.2) is 30.4 Å². The number of aryl methyl sites for hydroxylation is 2. The fourth-order valence-electron chi connectivity index (χ4n) is 2.58. The van der Waals surface area contributed by atoms with Crippen LogP contribution in [0.1, 0.15) is 18.4 Å². The Hall–Kier alpha value is -2.50. The lowest BCUT2D eigenvalue weighted by Gasteiger charge is -2.26. The number of carbonyl (C=O) groups excluding carboxylic acids is 1. The Morgan fingerprint density at radius 2 is 2.27 bits per heavy atom. The minimum absolute atomic E-state index is 0.338. The maximum absolute atomic E-state index is 11.8. The SMILES string of the molecule is CCOC(=O)C1CNc2ccc(-c3c(C)noc3C)cc2O1. The number of nitrogens with one attached hydrogen (secondary N) is 1. The van der Waals surface area contributed by atoms with Gasteiger partial charge in [0.05, 0.1) is 24.5 Å². The summed E-state index contributed by atoms with van der Waals surface area (Å²) in [5, 5.41) is 7.16. The normalized spacial score (nSPS) is 16.4. The first-order chi connectivity index (χ1) is 10.6. The van der Waals surface area contributed by atoms with E-state index in [2.05, 4.69) is 10.5 Å². The third kappa shape index (κ3) is 2.52. The van der Waals surface area contributed by atoms with E-state index in [0.717, 1.165) is 28.3 Å². The van der Waals surface area contributed by atoms with Crippen molar-refractivity contribution in [1.29, 1.82) is 0 Å². The largest absolute Gasteiger partial charge is 0.475 e. The minimum Gasteiger partial charge on any atom is -0.475 e. The molecule has 1 aliphatic rings. The van der Waals surface area contributed by atoms with Crippen LogP contribution in [0.15, 0.2) is 22.7 Å². The number of rotatable bonds is 3. The Kier molecular flexibility index (Phi) is 3.75. The zero-order chi connectivity index (χ0) is 15.7. The number of ether oxygens (including phenoxy) is 2. The number of esters is 1. The van der Waals surface area contributed by atoms with Crippen molar-refractivity contribution in [3.05, 3.63) is 29.7 Å². The first-order valence-electron chi connectivity index (χ1n) is 7.24. The maximum Gasteiger partial charge on any atom is 0.349 e. The Balaban J connectivity index is 1.91.